The molecule has 0 aliphatic carbocycles. The Kier molecular flexibility index (Phi) is 3.54. The molecule has 2 aromatic heterocycles. The van der Waals surface area contributed by atoms with Crippen LogP contribution in [0.2, 0.25) is 0 Å². The zero-order valence-electron chi connectivity index (χ0n) is 11.0. The van der Waals surface area contributed by atoms with Crippen LogP contribution in [0, 0.1) is 0 Å². The van der Waals surface area contributed by atoms with E-state index < -0.39 is 0 Å². The van der Waals surface area contributed by atoms with Crippen LogP contribution in [-0.4, -0.2) is 18.9 Å². The third-order valence-electron chi connectivity index (χ3n) is 2.89. The van der Waals surface area contributed by atoms with E-state index in [0.717, 1.165) is 16.6 Å². The van der Waals surface area contributed by atoms with Crippen molar-refractivity contribution in [1.82, 2.24) is 18.9 Å². The van der Waals surface area contributed by atoms with Gasteiger partial charge in [0, 0.05) is 13.5 Å². The molecule has 1 aromatic carbocycles. The van der Waals surface area contributed by atoms with Crippen LogP contribution >= 0.6 is 23.3 Å². The van der Waals surface area contributed by atoms with Gasteiger partial charge < -0.3 is 0 Å². The molecule has 2 heterocycles. The third-order valence-corrected chi connectivity index (χ3v) is 4.72. The van der Waals surface area contributed by atoms with Gasteiger partial charge in [0.1, 0.15) is 5.82 Å². The molecule has 0 saturated heterocycles. The molecule has 3 aromatic rings. The maximum Gasteiger partial charge on any atom is 0.261 e. The quantitative estimate of drug-likeness (QED) is 0.696. The lowest BCUT2D eigenvalue weighted by Gasteiger charge is -2.06. The van der Waals surface area contributed by atoms with Gasteiger partial charge in [0.05, 0.1) is 10.9 Å². The van der Waals surface area contributed by atoms with Gasteiger partial charge >= 0.3 is 0 Å². The summed E-state index contributed by atoms with van der Waals surface area (Å²) >= 11 is 2.71. The number of para-hydroxylation sites is 1. The Morgan fingerprint density at radius 1 is 1.30 bits per heavy atom. The van der Waals surface area contributed by atoms with Crippen LogP contribution in [-0.2, 0) is 13.5 Å². The van der Waals surface area contributed by atoms with Gasteiger partial charge in [-0.2, -0.15) is 4.37 Å². The Balaban J connectivity index is 2.07. The normalized spacial score (nSPS) is 11.1. The average molecular weight is 304 g/mol. The Morgan fingerprint density at radius 3 is 2.85 bits per heavy atom. The lowest BCUT2D eigenvalue weighted by atomic mass is 10.2. The van der Waals surface area contributed by atoms with E-state index in [0.29, 0.717) is 16.1 Å². The first-order chi connectivity index (χ1) is 9.69. The van der Waals surface area contributed by atoms with Crippen LogP contribution in [0.1, 0.15) is 12.7 Å². The number of aryl methyl sites for hydroxylation is 1. The summed E-state index contributed by atoms with van der Waals surface area (Å²) in [4.78, 5) is 21.2. The SMILES string of the molecule is CCc1nsc(Sc2nc3ccccc3c(=O)n2C)n1. The van der Waals surface area contributed by atoms with Gasteiger partial charge in [-0.1, -0.05) is 19.1 Å². The van der Waals surface area contributed by atoms with Crippen molar-refractivity contribution < 1.29 is 0 Å². The summed E-state index contributed by atoms with van der Waals surface area (Å²) in [6.45, 7) is 2.01. The van der Waals surface area contributed by atoms with Crippen molar-refractivity contribution in [2.24, 2.45) is 7.05 Å². The summed E-state index contributed by atoms with van der Waals surface area (Å²) in [6.07, 6.45) is 0.807. The van der Waals surface area contributed by atoms with Crippen LogP contribution < -0.4 is 5.56 Å². The van der Waals surface area contributed by atoms with E-state index in [4.69, 9.17) is 0 Å². The summed E-state index contributed by atoms with van der Waals surface area (Å²) in [5.74, 6) is 0.822. The average Bonchev–Trinajstić information content (AvgIpc) is 2.92. The minimum atomic E-state index is -0.0432. The molecule has 0 radical (unpaired) electrons. The van der Waals surface area contributed by atoms with Crippen molar-refractivity contribution in [2.45, 2.75) is 22.8 Å². The van der Waals surface area contributed by atoms with E-state index in [1.54, 1.807) is 17.7 Å². The molecule has 3 rings (SSSR count). The first-order valence-corrected chi connectivity index (χ1v) is 7.74. The second-order valence-corrected chi connectivity index (χ2v) is 6.17. The largest absolute Gasteiger partial charge is 0.290 e. The van der Waals surface area contributed by atoms with Gasteiger partial charge in [-0.15, -0.1) is 0 Å². The van der Waals surface area contributed by atoms with Crippen molar-refractivity contribution in [3.05, 3.63) is 40.4 Å². The highest BCUT2D eigenvalue weighted by Gasteiger charge is 2.11. The zero-order valence-corrected chi connectivity index (χ0v) is 12.7. The molecule has 0 spiro atoms. The number of aromatic nitrogens is 4. The highest BCUT2D eigenvalue weighted by molar-refractivity contribution is 8.00. The Labute approximate surface area is 123 Å². The van der Waals surface area contributed by atoms with Crippen molar-refractivity contribution in [3.8, 4) is 0 Å². The lowest BCUT2D eigenvalue weighted by molar-refractivity contribution is 0.726. The molecule has 0 bridgehead atoms. The first kappa shape index (κ1) is 13.3. The molecule has 7 heteroatoms. The Bertz CT molecular complexity index is 825. The third kappa shape index (κ3) is 2.34. The second-order valence-electron chi connectivity index (χ2n) is 4.21. The molecule has 0 N–H and O–H groups in total. The summed E-state index contributed by atoms with van der Waals surface area (Å²) in [6, 6.07) is 7.36. The molecular weight excluding hydrogens is 292 g/mol. The monoisotopic (exact) mass is 304 g/mol. The summed E-state index contributed by atoms with van der Waals surface area (Å²) in [7, 11) is 1.73. The zero-order chi connectivity index (χ0) is 14.1. The predicted molar refractivity (Wildman–Crippen MR) is 80.4 cm³/mol. The molecule has 0 saturated carbocycles. The molecule has 20 heavy (non-hydrogen) atoms. The van der Waals surface area contributed by atoms with Crippen molar-refractivity contribution >= 4 is 34.2 Å². The molecule has 0 atom stereocenters. The van der Waals surface area contributed by atoms with Crippen molar-refractivity contribution in [2.75, 3.05) is 0 Å². The maximum absolute atomic E-state index is 12.3. The van der Waals surface area contributed by atoms with Gasteiger partial charge in [0.2, 0.25) is 0 Å². The minimum Gasteiger partial charge on any atom is -0.290 e. The van der Waals surface area contributed by atoms with E-state index in [-0.39, 0.29) is 5.56 Å². The second kappa shape index (κ2) is 5.34. The van der Waals surface area contributed by atoms with Gasteiger partial charge in [-0.25, -0.2) is 9.97 Å². The van der Waals surface area contributed by atoms with Gasteiger partial charge in [0.15, 0.2) is 9.50 Å². The summed E-state index contributed by atoms with van der Waals surface area (Å²) in [5, 5.41) is 1.26. The van der Waals surface area contributed by atoms with Crippen LogP contribution in [0.3, 0.4) is 0 Å². The van der Waals surface area contributed by atoms with Gasteiger partial charge in [0.25, 0.3) is 5.56 Å². The molecule has 102 valence electrons. The van der Waals surface area contributed by atoms with E-state index in [9.17, 15) is 4.79 Å². The number of hydrogen-bond donors (Lipinski definition) is 0. The fourth-order valence-corrected chi connectivity index (χ4v) is 3.45. The molecule has 0 fully saturated rings. The van der Waals surface area contributed by atoms with E-state index >= 15 is 0 Å². The molecule has 0 amide bonds. The maximum atomic E-state index is 12.3. The number of benzene rings is 1. The fraction of sp³-hybridized carbons (Fsp3) is 0.231. The van der Waals surface area contributed by atoms with E-state index in [1.165, 1.54) is 23.3 Å². The van der Waals surface area contributed by atoms with Gasteiger partial charge in [-0.3, -0.25) is 9.36 Å². The summed E-state index contributed by atoms with van der Waals surface area (Å²) in [5.41, 5.74) is 0.664. The molecule has 0 aliphatic heterocycles. The van der Waals surface area contributed by atoms with Crippen LogP contribution in [0.5, 0.6) is 0 Å². The van der Waals surface area contributed by atoms with Crippen molar-refractivity contribution in [1.29, 1.82) is 0 Å². The van der Waals surface area contributed by atoms with E-state index in [2.05, 4.69) is 14.3 Å². The topological polar surface area (TPSA) is 60.7 Å². The predicted octanol–water partition coefficient (Wildman–Crippen LogP) is 2.50. The number of hydrogen-bond acceptors (Lipinski definition) is 6. The summed E-state index contributed by atoms with van der Waals surface area (Å²) < 4.78 is 6.60. The molecule has 0 unspecified atom stereocenters. The lowest BCUT2D eigenvalue weighted by Crippen LogP contribution is -2.19. The number of nitrogens with zero attached hydrogens (tertiary/aromatic N) is 4. The number of rotatable bonds is 3. The van der Waals surface area contributed by atoms with Crippen LogP contribution in [0.25, 0.3) is 10.9 Å². The highest BCUT2D eigenvalue weighted by atomic mass is 32.2. The van der Waals surface area contributed by atoms with Gasteiger partial charge in [-0.05, 0) is 35.4 Å². The number of fused-ring (bicyclic) bond motifs is 1. The van der Waals surface area contributed by atoms with E-state index in [1.807, 2.05) is 25.1 Å². The smallest absolute Gasteiger partial charge is 0.261 e. The molecule has 0 aliphatic rings. The van der Waals surface area contributed by atoms with Crippen LogP contribution in [0.4, 0.5) is 0 Å². The van der Waals surface area contributed by atoms with Crippen molar-refractivity contribution in [3.63, 3.8) is 0 Å². The molecular formula is C13H12N4OS2. The first-order valence-electron chi connectivity index (χ1n) is 6.15. The minimum absolute atomic E-state index is 0.0432. The standard InChI is InChI=1S/C13H12N4OS2/c1-3-10-15-13(20-16-10)19-12-14-9-7-5-4-6-8(9)11(18)17(12)2/h4-7H,3H2,1-2H3. The Morgan fingerprint density at radius 2 is 2.10 bits per heavy atom. The fourth-order valence-electron chi connectivity index (χ4n) is 1.79. The highest BCUT2D eigenvalue weighted by Crippen LogP contribution is 2.27. The molecule has 5 nitrogen and oxygen atoms in total. The van der Waals surface area contributed by atoms with Crippen LogP contribution in [0.15, 0.2) is 38.6 Å². The Hall–Kier alpha value is -1.73.